The van der Waals surface area contributed by atoms with E-state index < -0.39 is 0 Å². The second-order valence-corrected chi connectivity index (χ2v) is 4.93. The van der Waals surface area contributed by atoms with Crippen LogP contribution >= 0.6 is 0 Å². The second kappa shape index (κ2) is 3.76. The highest BCUT2D eigenvalue weighted by molar-refractivity contribution is 5.72. The van der Waals surface area contributed by atoms with E-state index in [-0.39, 0.29) is 17.3 Å². The van der Waals surface area contributed by atoms with Crippen molar-refractivity contribution < 1.29 is 9.53 Å². The van der Waals surface area contributed by atoms with Crippen molar-refractivity contribution in [2.75, 3.05) is 7.11 Å². The van der Waals surface area contributed by atoms with Crippen molar-refractivity contribution >= 4 is 5.97 Å². The molecule has 0 saturated heterocycles. The van der Waals surface area contributed by atoms with Crippen molar-refractivity contribution in [1.29, 1.82) is 0 Å². The maximum atomic E-state index is 11.4. The van der Waals surface area contributed by atoms with E-state index >= 15 is 0 Å². The number of methoxy groups -OCH3 is 1. The fourth-order valence-corrected chi connectivity index (χ4v) is 2.58. The molecule has 80 valence electrons. The third-order valence-corrected chi connectivity index (χ3v) is 3.29. The summed E-state index contributed by atoms with van der Waals surface area (Å²) in [5, 5.41) is 0. The van der Waals surface area contributed by atoms with Gasteiger partial charge in [0.15, 0.2) is 0 Å². The van der Waals surface area contributed by atoms with E-state index in [4.69, 9.17) is 4.74 Å². The Labute approximate surface area is 86.3 Å². The number of carbonyl (C=O) groups is 1. The number of hydrogen-bond acceptors (Lipinski definition) is 2. The molecule has 0 heterocycles. The summed E-state index contributed by atoms with van der Waals surface area (Å²) in [5.41, 5.74) is 1.51. The van der Waals surface area contributed by atoms with Gasteiger partial charge >= 0.3 is 5.97 Å². The number of carbonyl (C=O) groups excluding carboxylic acids is 1. The van der Waals surface area contributed by atoms with E-state index in [1.54, 1.807) is 0 Å². The van der Waals surface area contributed by atoms with Gasteiger partial charge in [0.1, 0.15) is 0 Å². The second-order valence-electron chi connectivity index (χ2n) is 4.93. The van der Waals surface area contributed by atoms with Crippen molar-refractivity contribution in [3.63, 3.8) is 0 Å². The fourth-order valence-electron chi connectivity index (χ4n) is 2.58. The van der Waals surface area contributed by atoms with Gasteiger partial charge in [-0.15, -0.1) is 0 Å². The molecule has 1 aliphatic rings. The van der Waals surface area contributed by atoms with E-state index in [1.165, 1.54) is 12.7 Å². The van der Waals surface area contributed by atoms with Gasteiger partial charge in [0.05, 0.1) is 13.0 Å². The number of esters is 1. The number of hydrogen-bond donors (Lipinski definition) is 0. The minimum Gasteiger partial charge on any atom is -0.469 e. The first-order valence-corrected chi connectivity index (χ1v) is 5.14. The molecular weight excluding hydrogens is 176 g/mol. The van der Waals surface area contributed by atoms with Gasteiger partial charge in [-0.05, 0) is 24.7 Å². The molecule has 0 aromatic carbocycles. The van der Waals surface area contributed by atoms with E-state index in [1.807, 2.05) is 6.92 Å². The lowest BCUT2D eigenvalue weighted by molar-refractivity contribution is -0.147. The molecule has 0 aromatic heterocycles. The maximum Gasteiger partial charge on any atom is 0.308 e. The summed E-state index contributed by atoms with van der Waals surface area (Å²) >= 11 is 0. The molecule has 0 saturated carbocycles. The minimum atomic E-state index is -0.0915. The molecule has 1 aliphatic carbocycles. The zero-order chi connectivity index (χ0) is 10.9. The first-order chi connectivity index (χ1) is 6.38. The van der Waals surface area contributed by atoms with Crippen molar-refractivity contribution in [3.8, 4) is 0 Å². The van der Waals surface area contributed by atoms with Crippen LogP contribution in [0.25, 0.3) is 0 Å². The van der Waals surface area contributed by atoms with Crippen molar-refractivity contribution in [3.05, 3.63) is 11.6 Å². The molecule has 0 aromatic rings. The van der Waals surface area contributed by atoms with Gasteiger partial charge in [-0.1, -0.05) is 32.4 Å². The van der Waals surface area contributed by atoms with Gasteiger partial charge in [-0.3, -0.25) is 4.79 Å². The average molecular weight is 196 g/mol. The van der Waals surface area contributed by atoms with Gasteiger partial charge in [-0.2, -0.15) is 0 Å². The zero-order valence-corrected chi connectivity index (χ0v) is 9.76. The highest BCUT2D eigenvalue weighted by atomic mass is 16.5. The molecule has 2 unspecified atom stereocenters. The summed E-state index contributed by atoms with van der Waals surface area (Å²) in [5.74, 6) is 0.282. The predicted molar refractivity (Wildman–Crippen MR) is 56.8 cm³/mol. The Morgan fingerprint density at radius 3 is 2.57 bits per heavy atom. The first-order valence-electron chi connectivity index (χ1n) is 5.14. The maximum absolute atomic E-state index is 11.4. The molecule has 1 rings (SSSR count). The highest BCUT2D eigenvalue weighted by Crippen LogP contribution is 2.44. The van der Waals surface area contributed by atoms with E-state index in [9.17, 15) is 4.79 Å². The van der Waals surface area contributed by atoms with E-state index in [0.717, 1.165) is 6.42 Å². The standard InChI is InChI=1S/C12H20O2/c1-8-6-10(12(3,4)7-8)9(2)11(13)14-5/h7,9-10H,6H2,1-5H3. The van der Waals surface area contributed by atoms with Crippen LogP contribution in [0.4, 0.5) is 0 Å². The summed E-state index contributed by atoms with van der Waals surface area (Å²) in [6.45, 7) is 8.47. The SMILES string of the molecule is COC(=O)C(C)C1CC(C)=CC1(C)C. The Kier molecular flexibility index (Phi) is 3.03. The molecule has 2 atom stereocenters. The lowest BCUT2D eigenvalue weighted by Gasteiger charge is -2.30. The third-order valence-electron chi connectivity index (χ3n) is 3.29. The molecule has 2 heteroatoms. The summed E-state index contributed by atoms with van der Waals surface area (Å²) in [7, 11) is 1.46. The summed E-state index contributed by atoms with van der Waals surface area (Å²) in [6, 6.07) is 0. The molecule has 2 nitrogen and oxygen atoms in total. The zero-order valence-electron chi connectivity index (χ0n) is 9.76. The van der Waals surface area contributed by atoms with Crippen molar-refractivity contribution in [1.82, 2.24) is 0 Å². The van der Waals surface area contributed by atoms with Crippen LogP contribution in [0.15, 0.2) is 11.6 Å². The first kappa shape index (κ1) is 11.3. The predicted octanol–water partition coefficient (Wildman–Crippen LogP) is 2.79. The third kappa shape index (κ3) is 1.99. The number of rotatable bonds is 2. The van der Waals surface area contributed by atoms with Crippen LogP contribution in [-0.4, -0.2) is 13.1 Å². The highest BCUT2D eigenvalue weighted by Gasteiger charge is 2.39. The Balaban J connectivity index is 2.77. The molecule has 0 N–H and O–H groups in total. The lowest BCUT2D eigenvalue weighted by atomic mass is 9.75. The van der Waals surface area contributed by atoms with Gasteiger partial charge in [-0.25, -0.2) is 0 Å². The molecule has 14 heavy (non-hydrogen) atoms. The molecule has 0 fully saturated rings. The lowest BCUT2D eigenvalue weighted by Crippen LogP contribution is -2.30. The Bertz CT molecular complexity index is 263. The molecule has 0 aliphatic heterocycles. The van der Waals surface area contributed by atoms with Gasteiger partial charge < -0.3 is 4.74 Å². The largest absolute Gasteiger partial charge is 0.469 e. The summed E-state index contributed by atoms with van der Waals surface area (Å²) < 4.78 is 4.79. The molecule has 0 amide bonds. The van der Waals surface area contributed by atoms with Gasteiger partial charge in [0.2, 0.25) is 0 Å². The minimum absolute atomic E-state index is 0.0105. The topological polar surface area (TPSA) is 26.3 Å². The van der Waals surface area contributed by atoms with E-state index in [0.29, 0.717) is 5.92 Å². The van der Waals surface area contributed by atoms with Crippen LogP contribution in [0.1, 0.15) is 34.1 Å². The fraction of sp³-hybridized carbons (Fsp3) is 0.750. The van der Waals surface area contributed by atoms with Crippen molar-refractivity contribution in [2.24, 2.45) is 17.3 Å². The summed E-state index contributed by atoms with van der Waals surface area (Å²) in [6.07, 6.45) is 3.29. The Hall–Kier alpha value is -0.790. The average Bonchev–Trinajstić information content (AvgIpc) is 2.36. The van der Waals surface area contributed by atoms with Crippen LogP contribution in [0, 0.1) is 17.3 Å². The monoisotopic (exact) mass is 196 g/mol. The molecular formula is C12H20O2. The van der Waals surface area contributed by atoms with Gasteiger partial charge in [0, 0.05) is 0 Å². The van der Waals surface area contributed by atoms with Crippen LogP contribution in [-0.2, 0) is 9.53 Å². The quantitative estimate of drug-likeness (QED) is 0.501. The van der Waals surface area contributed by atoms with Crippen LogP contribution < -0.4 is 0 Å². The van der Waals surface area contributed by atoms with Crippen LogP contribution in [0.3, 0.4) is 0 Å². The molecule has 0 radical (unpaired) electrons. The number of allylic oxidation sites excluding steroid dienone is 2. The van der Waals surface area contributed by atoms with Gasteiger partial charge in [0.25, 0.3) is 0 Å². The molecule has 0 spiro atoms. The number of ether oxygens (including phenoxy) is 1. The van der Waals surface area contributed by atoms with Crippen LogP contribution in [0.2, 0.25) is 0 Å². The van der Waals surface area contributed by atoms with Crippen LogP contribution in [0.5, 0.6) is 0 Å². The van der Waals surface area contributed by atoms with E-state index in [2.05, 4.69) is 26.8 Å². The normalized spacial score (nSPS) is 26.9. The molecule has 0 bridgehead atoms. The summed E-state index contributed by atoms with van der Waals surface area (Å²) in [4.78, 5) is 11.4. The Morgan fingerprint density at radius 1 is 1.64 bits per heavy atom. The smallest absolute Gasteiger partial charge is 0.308 e. The Morgan fingerprint density at radius 2 is 2.21 bits per heavy atom. The van der Waals surface area contributed by atoms with Crippen molar-refractivity contribution in [2.45, 2.75) is 34.1 Å².